The van der Waals surface area contributed by atoms with Crippen LogP contribution in [-0.4, -0.2) is 11.5 Å². The summed E-state index contributed by atoms with van der Waals surface area (Å²) in [6, 6.07) is 0. The van der Waals surface area contributed by atoms with Crippen molar-refractivity contribution in [2.24, 2.45) is 0 Å². The molecule has 0 saturated heterocycles. The second-order valence-corrected chi connectivity index (χ2v) is 4.36. The third kappa shape index (κ3) is 4.01. The normalized spacial score (nSPS) is 15.2. The summed E-state index contributed by atoms with van der Waals surface area (Å²) in [4.78, 5) is 0. The van der Waals surface area contributed by atoms with Gasteiger partial charge in [0.25, 0.3) is 0 Å². The topological polar surface area (TPSA) is 0 Å². The van der Waals surface area contributed by atoms with Gasteiger partial charge in [-0.1, -0.05) is 37.1 Å². The van der Waals surface area contributed by atoms with Crippen LogP contribution in [0.2, 0.25) is 0 Å². The Kier molecular flexibility index (Phi) is 5.25. The first-order valence-corrected chi connectivity index (χ1v) is 6.02. The molecule has 0 bridgehead atoms. The minimum Gasteiger partial charge on any atom is -0.162 e. The van der Waals surface area contributed by atoms with E-state index < -0.39 is 0 Å². The first-order chi connectivity index (χ1) is 5.93. The molecule has 12 heavy (non-hydrogen) atoms. The largest absolute Gasteiger partial charge is 0.162 e. The van der Waals surface area contributed by atoms with Gasteiger partial charge in [0, 0.05) is 0 Å². The minimum atomic E-state index is 1.16. The number of allylic oxidation sites excluding steroid dienone is 4. The summed E-state index contributed by atoms with van der Waals surface area (Å²) in [7, 11) is 0. The minimum absolute atomic E-state index is 1.16. The molecule has 1 rings (SSSR count). The lowest BCUT2D eigenvalue weighted by molar-refractivity contribution is 0.895. The van der Waals surface area contributed by atoms with Crippen molar-refractivity contribution >= 4 is 11.8 Å². The van der Waals surface area contributed by atoms with E-state index in [1.807, 2.05) is 0 Å². The lowest BCUT2D eigenvalue weighted by atomic mass is 10.2. The zero-order chi connectivity index (χ0) is 8.65. The quantitative estimate of drug-likeness (QED) is 0.563. The average molecular weight is 182 g/mol. The average Bonchev–Trinajstić information content (AvgIpc) is 2.57. The standard InChI is InChI=1S/C11H18S/c1-2-3-9-12-10-8-11-6-4-5-7-11/h4,6-7H,2-3,5,8-10H2,1H3. The molecule has 0 amide bonds. The van der Waals surface area contributed by atoms with Crippen molar-refractivity contribution in [1.82, 2.24) is 0 Å². The molecule has 0 fully saturated rings. The second-order valence-electron chi connectivity index (χ2n) is 3.13. The summed E-state index contributed by atoms with van der Waals surface area (Å²) < 4.78 is 0. The van der Waals surface area contributed by atoms with E-state index in [-0.39, 0.29) is 0 Å². The summed E-state index contributed by atoms with van der Waals surface area (Å²) in [5.41, 5.74) is 1.54. The van der Waals surface area contributed by atoms with Crippen LogP contribution in [0.15, 0.2) is 23.8 Å². The molecule has 0 aliphatic heterocycles. The summed E-state index contributed by atoms with van der Waals surface area (Å²) in [6.45, 7) is 2.25. The third-order valence-corrected chi connectivity index (χ3v) is 3.10. The smallest absolute Gasteiger partial charge is 0.00271 e. The molecule has 0 unspecified atom stereocenters. The van der Waals surface area contributed by atoms with E-state index in [0.29, 0.717) is 0 Å². The predicted octanol–water partition coefficient (Wildman–Crippen LogP) is 3.80. The SMILES string of the molecule is CCCCSCCC1=CCC=C1. The van der Waals surface area contributed by atoms with Crippen LogP contribution in [-0.2, 0) is 0 Å². The number of rotatable bonds is 6. The maximum absolute atomic E-state index is 2.33. The molecule has 0 aromatic rings. The molecule has 1 heteroatoms. The van der Waals surface area contributed by atoms with Crippen molar-refractivity contribution in [1.29, 1.82) is 0 Å². The Bertz CT molecular complexity index is 168. The van der Waals surface area contributed by atoms with Crippen LogP contribution in [0.5, 0.6) is 0 Å². The molecule has 0 aromatic heterocycles. The zero-order valence-electron chi connectivity index (χ0n) is 7.88. The summed E-state index contributed by atoms with van der Waals surface area (Å²) in [6.07, 6.45) is 12.0. The molecule has 1 aliphatic carbocycles. The van der Waals surface area contributed by atoms with Crippen LogP contribution in [0.4, 0.5) is 0 Å². The van der Waals surface area contributed by atoms with Gasteiger partial charge in [0.2, 0.25) is 0 Å². The summed E-state index contributed by atoms with van der Waals surface area (Å²) in [5.74, 6) is 2.64. The fraction of sp³-hybridized carbons (Fsp3) is 0.636. The Balaban J connectivity index is 1.92. The van der Waals surface area contributed by atoms with E-state index in [1.165, 1.54) is 30.8 Å². The van der Waals surface area contributed by atoms with Gasteiger partial charge in [-0.15, -0.1) is 0 Å². The highest BCUT2D eigenvalue weighted by atomic mass is 32.2. The fourth-order valence-electron chi connectivity index (χ4n) is 1.23. The Morgan fingerprint density at radius 2 is 2.33 bits per heavy atom. The van der Waals surface area contributed by atoms with Crippen molar-refractivity contribution in [3.63, 3.8) is 0 Å². The molecule has 0 heterocycles. The van der Waals surface area contributed by atoms with E-state index in [2.05, 4.69) is 36.9 Å². The summed E-state index contributed by atoms with van der Waals surface area (Å²) in [5, 5.41) is 0. The second kappa shape index (κ2) is 6.36. The first-order valence-electron chi connectivity index (χ1n) is 4.87. The highest BCUT2D eigenvalue weighted by Crippen LogP contribution is 2.16. The monoisotopic (exact) mass is 182 g/mol. The number of unbranched alkanes of at least 4 members (excludes halogenated alkanes) is 1. The number of hydrogen-bond acceptors (Lipinski definition) is 1. The van der Waals surface area contributed by atoms with Crippen LogP contribution in [0.3, 0.4) is 0 Å². The van der Waals surface area contributed by atoms with E-state index in [1.54, 1.807) is 5.57 Å². The van der Waals surface area contributed by atoms with Gasteiger partial charge in [-0.05, 0) is 30.8 Å². The van der Waals surface area contributed by atoms with Crippen molar-refractivity contribution in [2.75, 3.05) is 11.5 Å². The van der Waals surface area contributed by atoms with Crippen LogP contribution < -0.4 is 0 Å². The van der Waals surface area contributed by atoms with E-state index in [0.717, 1.165) is 6.42 Å². The van der Waals surface area contributed by atoms with Gasteiger partial charge >= 0.3 is 0 Å². The number of hydrogen-bond donors (Lipinski definition) is 0. The van der Waals surface area contributed by atoms with Crippen molar-refractivity contribution in [3.05, 3.63) is 23.8 Å². The highest BCUT2D eigenvalue weighted by Gasteiger charge is 1.96. The van der Waals surface area contributed by atoms with Gasteiger partial charge in [-0.25, -0.2) is 0 Å². The van der Waals surface area contributed by atoms with Crippen molar-refractivity contribution < 1.29 is 0 Å². The van der Waals surface area contributed by atoms with Gasteiger partial charge < -0.3 is 0 Å². The molecule has 0 atom stereocenters. The predicted molar refractivity (Wildman–Crippen MR) is 58.7 cm³/mol. The lowest BCUT2D eigenvalue weighted by Gasteiger charge is -1.99. The van der Waals surface area contributed by atoms with E-state index in [4.69, 9.17) is 0 Å². The molecule has 68 valence electrons. The maximum Gasteiger partial charge on any atom is -0.00271 e. The Morgan fingerprint density at radius 3 is 3.00 bits per heavy atom. The molecule has 0 radical (unpaired) electrons. The Morgan fingerprint density at radius 1 is 1.42 bits per heavy atom. The lowest BCUT2D eigenvalue weighted by Crippen LogP contribution is -1.84. The van der Waals surface area contributed by atoms with E-state index >= 15 is 0 Å². The van der Waals surface area contributed by atoms with Crippen LogP contribution in [0.25, 0.3) is 0 Å². The number of thioether (sulfide) groups is 1. The van der Waals surface area contributed by atoms with Crippen molar-refractivity contribution in [3.8, 4) is 0 Å². The molecule has 0 N–H and O–H groups in total. The third-order valence-electron chi connectivity index (χ3n) is 2.03. The highest BCUT2D eigenvalue weighted by molar-refractivity contribution is 7.99. The van der Waals surface area contributed by atoms with Crippen LogP contribution >= 0.6 is 11.8 Å². The van der Waals surface area contributed by atoms with Gasteiger partial charge in [-0.3, -0.25) is 0 Å². The van der Waals surface area contributed by atoms with Gasteiger partial charge in [0.05, 0.1) is 0 Å². The van der Waals surface area contributed by atoms with E-state index in [9.17, 15) is 0 Å². The van der Waals surface area contributed by atoms with Crippen LogP contribution in [0, 0.1) is 0 Å². The molecule has 0 saturated carbocycles. The fourth-order valence-corrected chi connectivity index (χ4v) is 2.31. The molecular formula is C11H18S. The maximum atomic E-state index is 2.33. The molecule has 0 spiro atoms. The molecular weight excluding hydrogens is 164 g/mol. The van der Waals surface area contributed by atoms with Gasteiger partial charge in [-0.2, -0.15) is 11.8 Å². The summed E-state index contributed by atoms with van der Waals surface area (Å²) >= 11 is 2.09. The van der Waals surface area contributed by atoms with Gasteiger partial charge in [0.1, 0.15) is 0 Å². The first kappa shape index (κ1) is 9.91. The molecule has 1 aliphatic rings. The zero-order valence-corrected chi connectivity index (χ0v) is 8.70. The Labute approximate surface area is 80.1 Å². The van der Waals surface area contributed by atoms with Crippen LogP contribution in [0.1, 0.15) is 32.6 Å². The van der Waals surface area contributed by atoms with Gasteiger partial charge in [0.15, 0.2) is 0 Å². The molecule has 0 nitrogen and oxygen atoms in total. The van der Waals surface area contributed by atoms with Crippen molar-refractivity contribution in [2.45, 2.75) is 32.6 Å². The molecule has 0 aromatic carbocycles. The Hall–Kier alpha value is -0.170.